The van der Waals surface area contributed by atoms with Crippen LogP contribution in [0.1, 0.15) is 0 Å². The average molecular weight is 405 g/mol. The Hall–Kier alpha value is -0.280. The van der Waals surface area contributed by atoms with Gasteiger partial charge in [-0.1, -0.05) is 67.2 Å². The van der Waals surface area contributed by atoms with Gasteiger partial charge >= 0.3 is 0 Å². The Labute approximate surface area is 131 Å². The van der Waals surface area contributed by atoms with E-state index in [-0.39, 0.29) is 0 Å². The number of halogens is 4. The summed E-state index contributed by atoms with van der Waals surface area (Å²) in [5.41, 5.74) is 0. The number of benzene rings is 3. The third-order valence-electron chi connectivity index (χ3n) is 2.91. The lowest BCUT2D eigenvalue weighted by molar-refractivity contribution is 1.70. The summed E-state index contributed by atoms with van der Waals surface area (Å²) in [6.07, 6.45) is 0. The molecular weight excluding hydrogens is 399 g/mol. The summed E-state index contributed by atoms with van der Waals surface area (Å²) < 4.78 is 1.98. The molecule has 4 heteroatoms. The first-order valence-corrected chi connectivity index (χ1v) is 7.57. The molecule has 0 aromatic heterocycles. The van der Waals surface area contributed by atoms with Crippen molar-refractivity contribution in [2.24, 2.45) is 0 Å². The van der Waals surface area contributed by atoms with Crippen LogP contribution in [0.25, 0.3) is 21.5 Å². The molecule has 18 heavy (non-hydrogen) atoms. The Bertz CT molecular complexity index is 782. The highest BCUT2D eigenvalue weighted by Crippen LogP contribution is 2.39. The van der Waals surface area contributed by atoms with Gasteiger partial charge in [0.1, 0.15) is 0 Å². The van der Waals surface area contributed by atoms with E-state index in [4.69, 9.17) is 23.2 Å². The molecule has 0 heterocycles. The Morgan fingerprint density at radius 3 is 2.33 bits per heavy atom. The molecule has 0 fully saturated rings. The van der Waals surface area contributed by atoms with Crippen molar-refractivity contribution in [3.8, 4) is 0 Å². The minimum Gasteiger partial charge on any atom is -0.0836 e. The average Bonchev–Trinajstić information content (AvgIpc) is 2.32. The highest BCUT2D eigenvalue weighted by Gasteiger charge is 2.10. The monoisotopic (exact) mass is 402 g/mol. The van der Waals surface area contributed by atoms with Gasteiger partial charge in [0, 0.05) is 24.7 Å². The van der Waals surface area contributed by atoms with E-state index in [1.807, 2.05) is 24.3 Å². The van der Waals surface area contributed by atoms with Gasteiger partial charge in [-0.2, -0.15) is 0 Å². The topological polar surface area (TPSA) is 0 Å². The normalized spacial score (nSPS) is 11.3. The third-order valence-corrected chi connectivity index (χ3v) is 4.67. The largest absolute Gasteiger partial charge is 0.0836 e. The highest BCUT2D eigenvalue weighted by atomic mass is 79.9. The lowest BCUT2D eigenvalue weighted by atomic mass is 10.0. The van der Waals surface area contributed by atoms with Gasteiger partial charge in [0.15, 0.2) is 0 Å². The smallest absolute Gasteiger partial charge is 0.0502 e. The van der Waals surface area contributed by atoms with Crippen molar-refractivity contribution in [3.63, 3.8) is 0 Å². The summed E-state index contributed by atoms with van der Waals surface area (Å²) in [6, 6.07) is 11.9. The van der Waals surface area contributed by atoms with Gasteiger partial charge in [0.05, 0.1) is 5.02 Å². The molecule has 0 unspecified atom stereocenters. The van der Waals surface area contributed by atoms with Gasteiger partial charge in [0.2, 0.25) is 0 Å². The number of hydrogen-bond acceptors (Lipinski definition) is 0. The van der Waals surface area contributed by atoms with E-state index < -0.39 is 0 Å². The van der Waals surface area contributed by atoms with Crippen molar-refractivity contribution in [3.05, 3.63) is 55.4 Å². The first-order valence-electron chi connectivity index (χ1n) is 5.23. The van der Waals surface area contributed by atoms with Gasteiger partial charge in [-0.15, -0.1) is 0 Å². The molecule has 0 saturated heterocycles. The van der Waals surface area contributed by atoms with E-state index in [0.29, 0.717) is 10.0 Å². The zero-order valence-electron chi connectivity index (χ0n) is 8.98. The van der Waals surface area contributed by atoms with Crippen LogP contribution in [0.2, 0.25) is 10.0 Å². The van der Waals surface area contributed by atoms with Crippen LogP contribution in [0.3, 0.4) is 0 Å². The van der Waals surface area contributed by atoms with E-state index in [0.717, 1.165) is 30.5 Å². The Morgan fingerprint density at radius 1 is 0.778 bits per heavy atom. The second-order valence-electron chi connectivity index (χ2n) is 4.00. The molecule has 0 saturated carbocycles. The quantitative estimate of drug-likeness (QED) is 0.360. The van der Waals surface area contributed by atoms with Crippen molar-refractivity contribution in [1.82, 2.24) is 0 Å². The van der Waals surface area contributed by atoms with Gasteiger partial charge < -0.3 is 0 Å². The predicted octanol–water partition coefficient (Wildman–Crippen LogP) is 6.82. The molecule has 0 amide bonds. The van der Waals surface area contributed by atoms with Gasteiger partial charge in [-0.05, 0) is 35.0 Å². The van der Waals surface area contributed by atoms with Crippen LogP contribution in [-0.4, -0.2) is 0 Å². The summed E-state index contributed by atoms with van der Waals surface area (Å²) in [5.74, 6) is 0. The maximum atomic E-state index is 6.36. The molecule has 0 bridgehead atoms. The zero-order valence-corrected chi connectivity index (χ0v) is 13.7. The first kappa shape index (κ1) is 12.7. The molecule has 3 aromatic rings. The van der Waals surface area contributed by atoms with Crippen molar-refractivity contribution in [2.45, 2.75) is 0 Å². The molecule has 0 aliphatic carbocycles. The molecule has 3 rings (SSSR count). The van der Waals surface area contributed by atoms with E-state index in [1.54, 1.807) is 0 Å². The highest BCUT2D eigenvalue weighted by molar-refractivity contribution is 9.11. The van der Waals surface area contributed by atoms with Crippen molar-refractivity contribution >= 4 is 76.6 Å². The van der Waals surface area contributed by atoms with Crippen LogP contribution < -0.4 is 0 Å². The van der Waals surface area contributed by atoms with E-state index >= 15 is 0 Å². The SMILES string of the molecule is Clc1cc(Br)cc2ccc3c(Br)ccc(Cl)c3c12. The van der Waals surface area contributed by atoms with Crippen LogP contribution in [0.15, 0.2) is 45.3 Å². The summed E-state index contributed by atoms with van der Waals surface area (Å²) >= 11 is 19.7. The van der Waals surface area contributed by atoms with Gasteiger partial charge in [-0.25, -0.2) is 0 Å². The van der Waals surface area contributed by atoms with Gasteiger partial charge in [0.25, 0.3) is 0 Å². The van der Waals surface area contributed by atoms with Crippen LogP contribution in [0.4, 0.5) is 0 Å². The van der Waals surface area contributed by atoms with E-state index in [2.05, 4.69) is 44.0 Å². The van der Waals surface area contributed by atoms with Gasteiger partial charge in [-0.3, -0.25) is 0 Å². The molecule has 90 valence electrons. The Balaban J connectivity index is 2.65. The summed E-state index contributed by atoms with van der Waals surface area (Å²) in [5, 5.41) is 5.53. The molecule has 0 N–H and O–H groups in total. The van der Waals surface area contributed by atoms with Crippen LogP contribution in [0.5, 0.6) is 0 Å². The lowest BCUT2D eigenvalue weighted by Gasteiger charge is -2.09. The second-order valence-corrected chi connectivity index (χ2v) is 6.59. The maximum Gasteiger partial charge on any atom is 0.0502 e. The maximum absolute atomic E-state index is 6.36. The summed E-state index contributed by atoms with van der Waals surface area (Å²) in [4.78, 5) is 0. The minimum absolute atomic E-state index is 0.699. The van der Waals surface area contributed by atoms with Crippen LogP contribution >= 0.6 is 55.1 Å². The molecule has 3 aromatic carbocycles. The van der Waals surface area contributed by atoms with Crippen molar-refractivity contribution in [1.29, 1.82) is 0 Å². The second kappa shape index (κ2) is 4.68. The molecule has 0 nitrogen and oxygen atoms in total. The van der Waals surface area contributed by atoms with E-state index in [1.165, 1.54) is 0 Å². The van der Waals surface area contributed by atoms with Crippen LogP contribution in [-0.2, 0) is 0 Å². The number of fused-ring (bicyclic) bond motifs is 3. The minimum atomic E-state index is 0.699. The summed E-state index contributed by atoms with van der Waals surface area (Å²) in [7, 11) is 0. The van der Waals surface area contributed by atoms with Crippen molar-refractivity contribution < 1.29 is 0 Å². The van der Waals surface area contributed by atoms with Crippen LogP contribution in [0, 0.1) is 0 Å². The summed E-state index contributed by atoms with van der Waals surface area (Å²) in [6.45, 7) is 0. The molecule has 0 atom stereocenters. The molecule has 0 radical (unpaired) electrons. The fourth-order valence-corrected chi connectivity index (χ4v) is 3.80. The molecular formula is C14H6Br2Cl2. The predicted molar refractivity (Wildman–Crippen MR) is 86.9 cm³/mol. The number of rotatable bonds is 0. The third kappa shape index (κ3) is 1.96. The fourth-order valence-electron chi connectivity index (χ4n) is 2.15. The first-order chi connectivity index (χ1) is 8.58. The molecule has 0 spiro atoms. The lowest BCUT2D eigenvalue weighted by Crippen LogP contribution is -1.82. The zero-order chi connectivity index (χ0) is 12.9. The fraction of sp³-hybridized carbons (Fsp3) is 0. The van der Waals surface area contributed by atoms with E-state index in [9.17, 15) is 0 Å². The Morgan fingerprint density at radius 2 is 1.56 bits per heavy atom. The number of hydrogen-bond donors (Lipinski definition) is 0. The standard InChI is InChI=1S/C14H6Br2Cl2/c15-8-5-7-1-2-9-10(16)3-4-11(17)14(9)13(7)12(18)6-8/h1-6H. The Kier molecular flexibility index (Phi) is 3.31. The van der Waals surface area contributed by atoms with Crippen molar-refractivity contribution in [2.75, 3.05) is 0 Å². The molecule has 0 aliphatic rings. The molecule has 0 aliphatic heterocycles.